The molecule has 0 radical (unpaired) electrons. The minimum absolute atomic E-state index is 0. The van der Waals surface area contributed by atoms with E-state index in [1.807, 2.05) is 0 Å². The lowest BCUT2D eigenvalue weighted by Crippen LogP contribution is -2.02. The molecule has 0 heterocycles. The third-order valence-corrected chi connectivity index (χ3v) is 3.76. The molecule has 1 aromatic carbocycles. The van der Waals surface area contributed by atoms with Crippen molar-refractivity contribution in [3.05, 3.63) is 35.4 Å². The molecule has 0 bridgehead atoms. The van der Waals surface area contributed by atoms with E-state index < -0.39 is 0 Å². The van der Waals surface area contributed by atoms with Gasteiger partial charge in [-0.1, -0.05) is 24.3 Å². The van der Waals surface area contributed by atoms with E-state index in [0.29, 0.717) is 0 Å². The smallest absolute Gasteiger partial charge is 0.00400 e. The third-order valence-electron chi connectivity index (χ3n) is 3.76. The Morgan fingerprint density at radius 3 is 2.86 bits per heavy atom. The largest absolute Gasteiger partial charge is 0.330 e. The van der Waals surface area contributed by atoms with Crippen LogP contribution in [0.25, 0.3) is 0 Å². The van der Waals surface area contributed by atoms with Crippen LogP contribution in [0.4, 0.5) is 0 Å². The number of aryl methyl sites for hydroxylation is 1. The van der Waals surface area contributed by atoms with Crippen LogP contribution < -0.4 is 5.73 Å². The second-order valence-electron chi connectivity index (χ2n) is 4.33. The van der Waals surface area contributed by atoms with Crippen LogP contribution in [-0.2, 0) is 6.42 Å². The van der Waals surface area contributed by atoms with Gasteiger partial charge in [-0.2, -0.15) is 0 Å². The summed E-state index contributed by atoms with van der Waals surface area (Å²) in [6, 6.07) is 8.88. The Balaban J connectivity index is 0.000000750. The van der Waals surface area contributed by atoms with Gasteiger partial charge in [-0.25, -0.2) is 0 Å². The summed E-state index contributed by atoms with van der Waals surface area (Å²) in [4.78, 5) is 0. The average Bonchev–Trinajstić information content (AvgIpc) is 2.91. The summed E-state index contributed by atoms with van der Waals surface area (Å²) in [5.41, 5.74) is 8.91. The monoisotopic (exact) mass is 209 g/mol. The van der Waals surface area contributed by atoms with Crippen molar-refractivity contribution in [1.82, 2.24) is 0 Å². The maximum Gasteiger partial charge on any atom is -0.00400 e. The van der Waals surface area contributed by atoms with Crippen LogP contribution >= 0.6 is 12.4 Å². The summed E-state index contributed by atoms with van der Waals surface area (Å²) in [6.45, 7) is 0.879. The van der Waals surface area contributed by atoms with Gasteiger partial charge in [-0.15, -0.1) is 12.4 Å². The number of benzene rings is 1. The molecule has 2 N–H and O–H groups in total. The fourth-order valence-electron chi connectivity index (χ4n) is 3.03. The number of nitrogens with two attached hydrogens (primary N) is 1. The van der Waals surface area contributed by atoms with E-state index in [-0.39, 0.29) is 12.4 Å². The molecule has 1 saturated carbocycles. The lowest BCUT2D eigenvalue weighted by molar-refractivity contribution is 0.634. The van der Waals surface area contributed by atoms with Gasteiger partial charge in [-0.3, -0.25) is 0 Å². The van der Waals surface area contributed by atoms with Crippen molar-refractivity contribution >= 4 is 12.4 Å². The van der Waals surface area contributed by atoms with Gasteiger partial charge in [0.05, 0.1) is 0 Å². The molecule has 3 atom stereocenters. The Morgan fingerprint density at radius 1 is 1.29 bits per heavy atom. The molecule has 0 aromatic heterocycles. The lowest BCUT2D eigenvalue weighted by Gasteiger charge is -2.13. The van der Waals surface area contributed by atoms with Crippen LogP contribution in [0.15, 0.2) is 24.3 Å². The van der Waals surface area contributed by atoms with Gasteiger partial charge in [0, 0.05) is 0 Å². The number of fused-ring (bicyclic) bond motifs is 3. The average molecular weight is 210 g/mol. The van der Waals surface area contributed by atoms with E-state index in [2.05, 4.69) is 24.3 Å². The van der Waals surface area contributed by atoms with E-state index >= 15 is 0 Å². The highest BCUT2D eigenvalue weighted by atomic mass is 35.5. The summed E-state index contributed by atoms with van der Waals surface area (Å²) < 4.78 is 0. The summed E-state index contributed by atoms with van der Waals surface area (Å²) in [5, 5.41) is 0. The third kappa shape index (κ3) is 1.27. The van der Waals surface area contributed by atoms with Gasteiger partial charge in [0.1, 0.15) is 0 Å². The zero-order valence-corrected chi connectivity index (χ0v) is 8.96. The summed E-state index contributed by atoms with van der Waals surface area (Å²) in [5.74, 6) is 2.53. The van der Waals surface area contributed by atoms with Crippen molar-refractivity contribution in [2.45, 2.75) is 18.8 Å². The van der Waals surface area contributed by atoms with Crippen LogP contribution in [0.1, 0.15) is 23.5 Å². The summed E-state index contributed by atoms with van der Waals surface area (Å²) >= 11 is 0. The molecule has 76 valence electrons. The normalized spacial score (nSPS) is 32.5. The Bertz CT molecular complexity index is 333. The van der Waals surface area contributed by atoms with Crippen molar-refractivity contribution in [3.8, 4) is 0 Å². The van der Waals surface area contributed by atoms with E-state index in [0.717, 1.165) is 24.3 Å². The predicted molar refractivity (Wildman–Crippen MR) is 60.8 cm³/mol. The molecule has 2 heteroatoms. The number of rotatable bonds is 1. The maximum absolute atomic E-state index is 5.75. The zero-order valence-electron chi connectivity index (χ0n) is 8.15. The molecule has 2 aliphatic carbocycles. The van der Waals surface area contributed by atoms with Crippen molar-refractivity contribution < 1.29 is 0 Å². The molecular formula is C12H16ClN. The highest BCUT2D eigenvalue weighted by Crippen LogP contribution is 2.59. The first-order chi connectivity index (χ1) is 6.42. The lowest BCUT2D eigenvalue weighted by atomic mass is 9.92. The second kappa shape index (κ2) is 3.56. The molecule has 0 saturated heterocycles. The van der Waals surface area contributed by atoms with Crippen LogP contribution in [-0.4, -0.2) is 6.54 Å². The molecule has 14 heavy (non-hydrogen) atoms. The molecule has 2 aliphatic rings. The van der Waals surface area contributed by atoms with E-state index in [9.17, 15) is 0 Å². The molecular weight excluding hydrogens is 194 g/mol. The fourth-order valence-corrected chi connectivity index (χ4v) is 3.03. The molecule has 0 spiro atoms. The summed E-state index contributed by atoms with van der Waals surface area (Å²) in [7, 11) is 0. The van der Waals surface area contributed by atoms with E-state index in [1.54, 1.807) is 11.1 Å². The Kier molecular flexibility index (Phi) is 2.54. The Labute approximate surface area is 91.1 Å². The number of halogens is 1. The molecule has 0 amide bonds. The first kappa shape index (κ1) is 10.0. The Morgan fingerprint density at radius 2 is 2.07 bits per heavy atom. The predicted octanol–water partition coefficient (Wildman–Crippen LogP) is 2.34. The van der Waals surface area contributed by atoms with Crippen molar-refractivity contribution in [1.29, 1.82) is 0 Å². The van der Waals surface area contributed by atoms with Gasteiger partial charge in [0.2, 0.25) is 0 Å². The molecule has 1 nitrogen and oxygen atoms in total. The van der Waals surface area contributed by atoms with E-state index in [4.69, 9.17) is 5.73 Å². The van der Waals surface area contributed by atoms with Crippen LogP contribution in [0, 0.1) is 11.8 Å². The van der Waals surface area contributed by atoms with Gasteiger partial charge in [0.25, 0.3) is 0 Å². The first-order valence-electron chi connectivity index (χ1n) is 5.19. The molecule has 0 aliphatic heterocycles. The van der Waals surface area contributed by atoms with Gasteiger partial charge in [-0.05, 0) is 48.3 Å². The maximum atomic E-state index is 5.75. The topological polar surface area (TPSA) is 26.0 Å². The van der Waals surface area contributed by atoms with Gasteiger partial charge < -0.3 is 5.73 Å². The second-order valence-corrected chi connectivity index (χ2v) is 4.33. The Hall–Kier alpha value is -0.530. The quantitative estimate of drug-likeness (QED) is 0.755. The highest BCUT2D eigenvalue weighted by Gasteiger charge is 2.51. The molecule has 1 aromatic rings. The molecule has 1 fully saturated rings. The van der Waals surface area contributed by atoms with Gasteiger partial charge in [0.15, 0.2) is 0 Å². The molecule has 3 rings (SSSR count). The number of hydrogen-bond donors (Lipinski definition) is 1. The highest BCUT2D eigenvalue weighted by molar-refractivity contribution is 5.85. The SMILES string of the molecule is Cl.NCC1C2CCc3ccccc3C12. The van der Waals surface area contributed by atoms with Crippen LogP contribution in [0.2, 0.25) is 0 Å². The summed E-state index contributed by atoms with van der Waals surface area (Å²) in [6.07, 6.45) is 2.64. The first-order valence-corrected chi connectivity index (χ1v) is 5.19. The zero-order chi connectivity index (χ0) is 8.84. The van der Waals surface area contributed by atoms with Crippen LogP contribution in [0.3, 0.4) is 0 Å². The minimum atomic E-state index is 0. The van der Waals surface area contributed by atoms with Gasteiger partial charge >= 0.3 is 0 Å². The standard InChI is InChI=1S/C12H15N.ClH/c13-7-11-10-6-5-8-3-1-2-4-9(8)12(10)11;/h1-4,10-12H,5-7,13H2;1H. The minimum Gasteiger partial charge on any atom is -0.330 e. The van der Waals surface area contributed by atoms with Crippen molar-refractivity contribution in [2.24, 2.45) is 17.6 Å². The number of hydrogen-bond acceptors (Lipinski definition) is 1. The fraction of sp³-hybridized carbons (Fsp3) is 0.500. The van der Waals surface area contributed by atoms with Crippen molar-refractivity contribution in [2.75, 3.05) is 6.54 Å². The van der Waals surface area contributed by atoms with E-state index in [1.165, 1.54) is 12.8 Å². The van der Waals surface area contributed by atoms with Crippen molar-refractivity contribution in [3.63, 3.8) is 0 Å². The molecule has 3 unspecified atom stereocenters. The van der Waals surface area contributed by atoms with Crippen LogP contribution in [0.5, 0.6) is 0 Å².